The highest BCUT2D eigenvalue weighted by Crippen LogP contribution is 2.13. The maximum absolute atomic E-state index is 6.23. The van der Waals surface area contributed by atoms with Gasteiger partial charge in [0, 0.05) is 19.8 Å². The third-order valence-corrected chi connectivity index (χ3v) is 7.70. The van der Waals surface area contributed by atoms with Gasteiger partial charge in [-0.1, -0.05) is 115 Å². The predicted molar refractivity (Wildman–Crippen MR) is 172 cm³/mol. The van der Waals surface area contributed by atoms with Crippen molar-refractivity contribution < 1.29 is 9.47 Å². The van der Waals surface area contributed by atoms with Crippen LogP contribution in [0, 0.1) is 0 Å². The van der Waals surface area contributed by atoms with E-state index in [0.29, 0.717) is 0 Å². The van der Waals surface area contributed by atoms with Gasteiger partial charge in [0.25, 0.3) is 0 Å². The number of likely N-dealkylation sites (tertiary alicyclic amines) is 1. The van der Waals surface area contributed by atoms with E-state index in [1.54, 1.807) is 0 Å². The van der Waals surface area contributed by atoms with Gasteiger partial charge in [0.05, 0.1) is 0 Å². The zero-order valence-corrected chi connectivity index (χ0v) is 26.4. The van der Waals surface area contributed by atoms with Crippen LogP contribution >= 0.6 is 0 Å². The van der Waals surface area contributed by atoms with Crippen molar-refractivity contribution in [3.05, 3.63) is 36.5 Å². The molecule has 1 aliphatic rings. The minimum absolute atomic E-state index is 0.0372. The Morgan fingerprint density at radius 1 is 0.513 bits per heavy atom. The summed E-state index contributed by atoms with van der Waals surface area (Å²) >= 11 is 0. The maximum atomic E-state index is 6.23. The summed E-state index contributed by atoms with van der Waals surface area (Å²) in [6.07, 6.45) is 42.3. The molecule has 0 N–H and O–H groups in total. The van der Waals surface area contributed by atoms with Crippen LogP contribution in [0.2, 0.25) is 0 Å². The van der Waals surface area contributed by atoms with Crippen molar-refractivity contribution >= 4 is 0 Å². The van der Waals surface area contributed by atoms with Crippen molar-refractivity contribution in [1.82, 2.24) is 4.90 Å². The lowest BCUT2D eigenvalue weighted by Gasteiger charge is -2.24. The number of nitrogens with zero attached hydrogens (tertiary/aromatic N) is 1. The van der Waals surface area contributed by atoms with Gasteiger partial charge in [-0.3, -0.25) is 4.90 Å². The molecule has 0 radical (unpaired) electrons. The van der Waals surface area contributed by atoms with E-state index >= 15 is 0 Å². The monoisotopic (exact) mass is 546 g/mol. The van der Waals surface area contributed by atoms with Gasteiger partial charge in [-0.25, -0.2) is 0 Å². The molecular weight excluding hydrogens is 478 g/mol. The van der Waals surface area contributed by atoms with Crippen molar-refractivity contribution in [3.63, 3.8) is 0 Å². The van der Waals surface area contributed by atoms with Crippen LogP contribution < -0.4 is 0 Å². The average molecular weight is 546 g/mol. The molecule has 0 aromatic carbocycles. The minimum Gasteiger partial charge on any atom is -0.351 e. The third-order valence-electron chi connectivity index (χ3n) is 7.70. The molecule has 0 amide bonds. The van der Waals surface area contributed by atoms with E-state index in [1.165, 1.54) is 135 Å². The zero-order chi connectivity index (χ0) is 27.9. The highest BCUT2D eigenvalue weighted by atomic mass is 16.7. The van der Waals surface area contributed by atoms with E-state index in [1.807, 2.05) is 0 Å². The van der Waals surface area contributed by atoms with Crippen LogP contribution in [0.3, 0.4) is 0 Å². The van der Waals surface area contributed by atoms with Gasteiger partial charge >= 0.3 is 0 Å². The summed E-state index contributed by atoms with van der Waals surface area (Å²) in [6, 6.07) is 0. The molecular formula is C36H67NO2. The van der Waals surface area contributed by atoms with E-state index in [4.69, 9.17) is 9.47 Å². The SMILES string of the molecule is CCC/C=C\CCCCCCCOC(CN1CCCC1)OCCCCCCCC/C=C\C/C=C\CCCCC. The Kier molecular flexibility index (Phi) is 27.9. The molecule has 1 aliphatic heterocycles. The van der Waals surface area contributed by atoms with Gasteiger partial charge in [-0.05, 0) is 90.1 Å². The summed E-state index contributed by atoms with van der Waals surface area (Å²) in [5.74, 6) is 0. The second-order valence-electron chi connectivity index (χ2n) is 11.6. The normalized spacial score (nSPS) is 15.5. The second kappa shape index (κ2) is 30.1. The Bertz CT molecular complexity index is 564. The summed E-state index contributed by atoms with van der Waals surface area (Å²) in [5.41, 5.74) is 0. The Morgan fingerprint density at radius 2 is 0.974 bits per heavy atom. The molecule has 0 aliphatic carbocycles. The fourth-order valence-corrected chi connectivity index (χ4v) is 5.15. The second-order valence-corrected chi connectivity index (χ2v) is 11.6. The Labute approximate surface area is 244 Å². The molecule has 0 bridgehead atoms. The maximum Gasteiger partial charge on any atom is 0.170 e. The van der Waals surface area contributed by atoms with E-state index in [2.05, 4.69) is 55.2 Å². The van der Waals surface area contributed by atoms with Gasteiger partial charge in [-0.2, -0.15) is 0 Å². The van der Waals surface area contributed by atoms with Crippen molar-refractivity contribution in [2.45, 2.75) is 161 Å². The van der Waals surface area contributed by atoms with Crippen molar-refractivity contribution in [2.75, 3.05) is 32.8 Å². The molecule has 1 fully saturated rings. The largest absolute Gasteiger partial charge is 0.351 e. The number of hydrogen-bond acceptors (Lipinski definition) is 3. The van der Waals surface area contributed by atoms with Crippen LogP contribution in [-0.2, 0) is 9.47 Å². The van der Waals surface area contributed by atoms with Crippen molar-refractivity contribution in [3.8, 4) is 0 Å². The number of allylic oxidation sites excluding steroid dienone is 6. The van der Waals surface area contributed by atoms with Gasteiger partial charge in [0.2, 0.25) is 0 Å². The molecule has 1 heterocycles. The molecule has 3 nitrogen and oxygen atoms in total. The first-order chi connectivity index (χ1) is 19.4. The Balaban J connectivity index is 1.99. The lowest BCUT2D eigenvalue weighted by Crippen LogP contribution is -2.34. The quantitative estimate of drug-likeness (QED) is 0.0530. The van der Waals surface area contributed by atoms with Crippen LogP contribution in [0.5, 0.6) is 0 Å². The van der Waals surface area contributed by atoms with Crippen LogP contribution in [0.15, 0.2) is 36.5 Å². The standard InChI is InChI=1S/C36H67NO2/c1-3-5-7-9-11-13-15-16-17-18-19-20-22-24-26-30-34-39-36(35-37-31-27-28-32-37)38-33-29-25-23-21-14-12-10-8-6-4-2/h8,10-11,13,16-17,36H,3-7,9,12,14-15,18-35H2,1-2H3/b10-8-,13-11-,17-16-. The zero-order valence-electron chi connectivity index (χ0n) is 26.4. The summed E-state index contributed by atoms with van der Waals surface area (Å²) in [6.45, 7) is 9.57. The number of unbranched alkanes of at least 4 members (excludes halogenated alkanes) is 15. The number of hydrogen-bond donors (Lipinski definition) is 0. The minimum atomic E-state index is -0.0372. The molecule has 39 heavy (non-hydrogen) atoms. The van der Waals surface area contributed by atoms with E-state index < -0.39 is 0 Å². The van der Waals surface area contributed by atoms with Gasteiger partial charge in [0.15, 0.2) is 6.29 Å². The molecule has 0 aromatic heterocycles. The van der Waals surface area contributed by atoms with Gasteiger partial charge < -0.3 is 9.47 Å². The van der Waals surface area contributed by atoms with E-state index in [9.17, 15) is 0 Å². The van der Waals surface area contributed by atoms with E-state index in [0.717, 1.165) is 39.0 Å². The van der Waals surface area contributed by atoms with Crippen LogP contribution in [0.4, 0.5) is 0 Å². The smallest absolute Gasteiger partial charge is 0.170 e. The summed E-state index contributed by atoms with van der Waals surface area (Å²) in [4.78, 5) is 2.52. The summed E-state index contributed by atoms with van der Waals surface area (Å²) in [5, 5.41) is 0. The Hall–Kier alpha value is -0.900. The highest BCUT2D eigenvalue weighted by Gasteiger charge is 2.18. The molecule has 3 heteroatoms. The van der Waals surface area contributed by atoms with Crippen LogP contribution in [-0.4, -0.2) is 44.0 Å². The summed E-state index contributed by atoms with van der Waals surface area (Å²) in [7, 11) is 0. The highest BCUT2D eigenvalue weighted by molar-refractivity contribution is 4.92. The molecule has 1 atom stereocenters. The van der Waals surface area contributed by atoms with Crippen LogP contribution in [0.25, 0.3) is 0 Å². The molecule has 0 saturated carbocycles. The molecule has 0 aromatic rings. The third kappa shape index (κ3) is 25.8. The van der Waals surface area contributed by atoms with Crippen molar-refractivity contribution in [2.24, 2.45) is 0 Å². The van der Waals surface area contributed by atoms with Crippen LogP contribution in [0.1, 0.15) is 155 Å². The van der Waals surface area contributed by atoms with Gasteiger partial charge in [-0.15, -0.1) is 0 Å². The number of rotatable bonds is 29. The average Bonchev–Trinajstić information content (AvgIpc) is 3.46. The predicted octanol–water partition coefficient (Wildman–Crippen LogP) is 11.0. The van der Waals surface area contributed by atoms with Gasteiger partial charge in [0.1, 0.15) is 0 Å². The molecule has 1 saturated heterocycles. The van der Waals surface area contributed by atoms with Crippen molar-refractivity contribution in [1.29, 1.82) is 0 Å². The first kappa shape index (κ1) is 36.1. The fourth-order valence-electron chi connectivity index (χ4n) is 5.15. The van der Waals surface area contributed by atoms with E-state index in [-0.39, 0.29) is 6.29 Å². The lowest BCUT2D eigenvalue weighted by molar-refractivity contribution is -0.152. The molecule has 1 unspecified atom stereocenters. The Morgan fingerprint density at radius 3 is 1.51 bits per heavy atom. The topological polar surface area (TPSA) is 21.7 Å². The number of ether oxygens (including phenoxy) is 2. The first-order valence-corrected chi connectivity index (χ1v) is 17.3. The molecule has 1 rings (SSSR count). The summed E-state index contributed by atoms with van der Waals surface area (Å²) < 4.78 is 12.4. The fraction of sp³-hybridized carbons (Fsp3) is 0.833. The molecule has 0 spiro atoms. The molecule has 228 valence electrons. The first-order valence-electron chi connectivity index (χ1n) is 17.3. The lowest BCUT2D eigenvalue weighted by atomic mass is 10.1.